The molecule has 2 saturated carbocycles. The molecule has 0 radical (unpaired) electrons. The summed E-state index contributed by atoms with van der Waals surface area (Å²) >= 11 is 0. The first-order chi connectivity index (χ1) is 10.1. The fraction of sp³-hybridized carbons (Fsp3) is 0.615. The van der Waals surface area contributed by atoms with Gasteiger partial charge < -0.3 is 0 Å². The van der Waals surface area contributed by atoms with Gasteiger partial charge in [0.2, 0.25) is 0 Å². The van der Waals surface area contributed by atoms with Crippen LogP contribution in [0.15, 0.2) is 12.5 Å². The summed E-state index contributed by atoms with van der Waals surface area (Å²) in [4.78, 5) is 14.9. The maximum Gasteiger partial charge on any atom is 0.309 e. The van der Waals surface area contributed by atoms with Crippen molar-refractivity contribution in [1.82, 2.24) is 24.5 Å². The van der Waals surface area contributed by atoms with Gasteiger partial charge in [0.15, 0.2) is 0 Å². The highest BCUT2D eigenvalue weighted by Gasteiger charge is 2.59. The van der Waals surface area contributed by atoms with Gasteiger partial charge in [-0.1, -0.05) is 0 Å². The minimum atomic E-state index is -0.364. The lowest BCUT2D eigenvalue weighted by molar-refractivity contribution is -0.385. The van der Waals surface area contributed by atoms with Gasteiger partial charge in [-0.05, 0) is 31.6 Å². The largest absolute Gasteiger partial charge is 0.309 e. The van der Waals surface area contributed by atoms with Gasteiger partial charge in [0.25, 0.3) is 0 Å². The molecule has 2 aromatic rings. The Bertz CT molecular complexity index is 708. The van der Waals surface area contributed by atoms with E-state index < -0.39 is 0 Å². The number of fused-ring (bicyclic) bond motifs is 1. The Hall–Kier alpha value is -2.25. The van der Waals surface area contributed by atoms with Gasteiger partial charge in [0, 0.05) is 13.0 Å². The van der Waals surface area contributed by atoms with E-state index in [2.05, 4.69) is 15.2 Å². The Kier molecular flexibility index (Phi) is 2.45. The minimum absolute atomic E-state index is 0.112. The number of nitro groups is 1. The quantitative estimate of drug-likeness (QED) is 0.631. The van der Waals surface area contributed by atoms with Crippen molar-refractivity contribution in [2.24, 2.45) is 18.9 Å². The van der Waals surface area contributed by atoms with Gasteiger partial charge in [0.05, 0.1) is 11.0 Å². The summed E-state index contributed by atoms with van der Waals surface area (Å²) in [5, 5.41) is 19.3. The molecule has 0 aliphatic heterocycles. The van der Waals surface area contributed by atoms with Crippen LogP contribution in [0.2, 0.25) is 0 Å². The third-order valence-electron chi connectivity index (χ3n) is 5.03. The molecule has 2 heterocycles. The SMILES string of the molecule is Cc1c([N+](=O)[O-])cnn1C1CC2C(C1)C2c1ncnn1C. The highest BCUT2D eigenvalue weighted by molar-refractivity contribution is 5.32. The van der Waals surface area contributed by atoms with Crippen LogP contribution >= 0.6 is 0 Å². The van der Waals surface area contributed by atoms with Crippen molar-refractivity contribution in [2.45, 2.75) is 31.7 Å². The van der Waals surface area contributed by atoms with Crippen LogP contribution in [0.25, 0.3) is 0 Å². The lowest BCUT2D eigenvalue weighted by atomic mass is 10.1. The van der Waals surface area contributed by atoms with E-state index in [4.69, 9.17) is 0 Å². The number of hydrogen-bond acceptors (Lipinski definition) is 5. The van der Waals surface area contributed by atoms with Crippen LogP contribution in [-0.2, 0) is 7.05 Å². The molecular formula is C13H16N6O2. The summed E-state index contributed by atoms with van der Waals surface area (Å²) in [7, 11) is 1.93. The molecule has 2 aromatic heterocycles. The van der Waals surface area contributed by atoms with Crippen molar-refractivity contribution in [3.63, 3.8) is 0 Å². The molecule has 0 aromatic carbocycles. The van der Waals surface area contributed by atoms with Crippen molar-refractivity contribution in [3.05, 3.63) is 34.2 Å². The minimum Gasteiger partial charge on any atom is -0.260 e. The predicted molar refractivity (Wildman–Crippen MR) is 72.6 cm³/mol. The number of nitrogens with zero attached hydrogens (tertiary/aromatic N) is 6. The van der Waals surface area contributed by atoms with Gasteiger partial charge in [-0.2, -0.15) is 10.2 Å². The molecule has 0 saturated heterocycles. The van der Waals surface area contributed by atoms with E-state index >= 15 is 0 Å². The molecule has 0 N–H and O–H groups in total. The fourth-order valence-electron chi connectivity index (χ4n) is 3.96. The smallest absolute Gasteiger partial charge is 0.260 e. The van der Waals surface area contributed by atoms with Crippen molar-refractivity contribution in [1.29, 1.82) is 0 Å². The van der Waals surface area contributed by atoms with Crippen LogP contribution in [0.1, 0.15) is 36.3 Å². The molecular weight excluding hydrogens is 272 g/mol. The topological polar surface area (TPSA) is 91.7 Å². The summed E-state index contributed by atoms with van der Waals surface area (Å²) in [6.45, 7) is 1.77. The van der Waals surface area contributed by atoms with Crippen LogP contribution in [0.5, 0.6) is 0 Å². The van der Waals surface area contributed by atoms with Gasteiger partial charge in [-0.25, -0.2) is 4.98 Å². The summed E-state index contributed by atoms with van der Waals surface area (Å²) in [6.07, 6.45) is 4.99. The summed E-state index contributed by atoms with van der Waals surface area (Å²) in [5.74, 6) is 2.78. The molecule has 0 bridgehead atoms. The van der Waals surface area contributed by atoms with Crippen LogP contribution < -0.4 is 0 Å². The Morgan fingerprint density at radius 2 is 2.05 bits per heavy atom. The van der Waals surface area contributed by atoms with Crippen LogP contribution in [0, 0.1) is 28.9 Å². The second kappa shape index (κ2) is 4.12. The molecule has 110 valence electrons. The van der Waals surface area contributed by atoms with Crippen LogP contribution in [0.4, 0.5) is 5.69 Å². The monoisotopic (exact) mass is 288 g/mol. The van der Waals surface area contributed by atoms with Crippen LogP contribution in [-0.4, -0.2) is 29.5 Å². The average Bonchev–Trinajstić information content (AvgIpc) is 2.86. The fourth-order valence-corrected chi connectivity index (χ4v) is 3.96. The Morgan fingerprint density at radius 3 is 2.57 bits per heavy atom. The molecule has 8 heteroatoms. The average molecular weight is 288 g/mol. The van der Waals surface area contributed by atoms with Crippen molar-refractivity contribution in [2.75, 3.05) is 0 Å². The van der Waals surface area contributed by atoms with E-state index in [-0.39, 0.29) is 16.7 Å². The summed E-state index contributed by atoms with van der Waals surface area (Å²) in [5.41, 5.74) is 0.766. The van der Waals surface area contributed by atoms with Crippen LogP contribution in [0.3, 0.4) is 0 Å². The zero-order valence-electron chi connectivity index (χ0n) is 11.9. The van der Waals surface area contributed by atoms with E-state index in [1.807, 2.05) is 16.4 Å². The first kappa shape index (κ1) is 12.5. The van der Waals surface area contributed by atoms with Crippen molar-refractivity contribution in [3.8, 4) is 0 Å². The molecule has 0 spiro atoms. The molecule has 0 amide bonds. The highest BCUT2D eigenvalue weighted by atomic mass is 16.6. The summed E-state index contributed by atoms with van der Waals surface area (Å²) < 4.78 is 3.68. The van der Waals surface area contributed by atoms with Crippen molar-refractivity contribution >= 4 is 5.69 Å². The van der Waals surface area contributed by atoms with Gasteiger partial charge >= 0.3 is 5.69 Å². The Morgan fingerprint density at radius 1 is 1.33 bits per heavy atom. The molecule has 8 nitrogen and oxygen atoms in total. The zero-order chi connectivity index (χ0) is 14.7. The first-order valence-corrected chi connectivity index (χ1v) is 7.10. The second-order valence-electron chi connectivity index (χ2n) is 6.04. The van der Waals surface area contributed by atoms with E-state index in [9.17, 15) is 10.1 Å². The highest BCUT2D eigenvalue weighted by Crippen LogP contribution is 2.65. The maximum absolute atomic E-state index is 10.9. The van der Waals surface area contributed by atoms with E-state index in [0.29, 0.717) is 23.4 Å². The second-order valence-corrected chi connectivity index (χ2v) is 6.04. The lowest BCUT2D eigenvalue weighted by Crippen LogP contribution is -2.13. The molecule has 2 fully saturated rings. The lowest BCUT2D eigenvalue weighted by Gasteiger charge is -2.16. The number of rotatable bonds is 3. The molecule has 2 aliphatic rings. The molecule has 2 unspecified atom stereocenters. The maximum atomic E-state index is 10.9. The molecule has 21 heavy (non-hydrogen) atoms. The zero-order valence-corrected chi connectivity index (χ0v) is 11.9. The van der Waals surface area contributed by atoms with Gasteiger partial charge in [-0.3, -0.25) is 19.5 Å². The van der Waals surface area contributed by atoms with E-state index in [0.717, 1.165) is 18.7 Å². The Labute approximate surface area is 120 Å². The van der Waals surface area contributed by atoms with E-state index in [1.54, 1.807) is 13.3 Å². The normalized spacial score (nSPS) is 30.4. The van der Waals surface area contributed by atoms with E-state index in [1.165, 1.54) is 6.20 Å². The first-order valence-electron chi connectivity index (χ1n) is 7.10. The summed E-state index contributed by atoms with van der Waals surface area (Å²) in [6, 6.07) is 0.276. The number of aryl methyl sites for hydroxylation is 1. The predicted octanol–water partition coefficient (Wildman–Crippen LogP) is 1.59. The Balaban J connectivity index is 1.51. The van der Waals surface area contributed by atoms with Gasteiger partial charge in [-0.15, -0.1) is 0 Å². The number of hydrogen-bond donors (Lipinski definition) is 0. The third-order valence-corrected chi connectivity index (χ3v) is 5.03. The van der Waals surface area contributed by atoms with Crippen molar-refractivity contribution < 1.29 is 4.92 Å². The number of aromatic nitrogens is 5. The van der Waals surface area contributed by atoms with Gasteiger partial charge in [0.1, 0.15) is 24.0 Å². The molecule has 2 aliphatic carbocycles. The standard InChI is InChI=1S/C13H16N6O2/c1-7-11(19(20)21)5-15-18(7)8-3-9-10(4-8)12(9)13-14-6-16-17(13)2/h5-6,8-10,12H,3-4H2,1-2H3. The molecule has 2 atom stereocenters. The molecule has 4 rings (SSSR count). The third kappa shape index (κ3) is 1.71.